The van der Waals surface area contributed by atoms with Crippen molar-refractivity contribution in [1.82, 2.24) is 14.5 Å². The van der Waals surface area contributed by atoms with Crippen LogP contribution in [0.1, 0.15) is 18.2 Å². The molecule has 1 N–H and O–H groups in total. The molecule has 5 nitrogen and oxygen atoms in total. The summed E-state index contributed by atoms with van der Waals surface area (Å²) in [6.07, 6.45) is 2.80. The van der Waals surface area contributed by atoms with E-state index in [4.69, 9.17) is 9.84 Å². The van der Waals surface area contributed by atoms with E-state index in [1.54, 1.807) is 12.4 Å². The summed E-state index contributed by atoms with van der Waals surface area (Å²) in [5.41, 5.74) is 2.37. The fourth-order valence-corrected chi connectivity index (χ4v) is 2.05. The monoisotopic (exact) mass is 219 g/mol. The highest BCUT2D eigenvalue weighted by Gasteiger charge is 2.19. The Hall–Kier alpha value is -1.46. The predicted octanol–water partition coefficient (Wildman–Crippen LogP) is 0.885. The first-order chi connectivity index (χ1) is 7.88. The number of aromatic nitrogens is 3. The van der Waals surface area contributed by atoms with Gasteiger partial charge >= 0.3 is 0 Å². The van der Waals surface area contributed by atoms with Gasteiger partial charge in [-0.05, 0) is 18.6 Å². The van der Waals surface area contributed by atoms with E-state index in [-0.39, 0.29) is 6.61 Å². The zero-order valence-corrected chi connectivity index (χ0v) is 8.83. The van der Waals surface area contributed by atoms with Crippen molar-refractivity contribution in [2.24, 2.45) is 0 Å². The van der Waals surface area contributed by atoms with Crippen molar-refractivity contribution >= 4 is 11.2 Å². The van der Waals surface area contributed by atoms with E-state index in [9.17, 15) is 0 Å². The Bertz CT molecular complexity index is 503. The first-order valence-electron chi connectivity index (χ1n) is 5.39. The molecule has 1 aliphatic rings. The van der Waals surface area contributed by atoms with Crippen LogP contribution in [-0.2, 0) is 11.3 Å². The quantitative estimate of drug-likeness (QED) is 0.814. The van der Waals surface area contributed by atoms with Crippen LogP contribution in [0.15, 0.2) is 18.5 Å². The average molecular weight is 219 g/mol. The number of aliphatic hydroxyl groups excluding tert-OH is 1. The van der Waals surface area contributed by atoms with Gasteiger partial charge in [0.15, 0.2) is 5.65 Å². The second kappa shape index (κ2) is 3.84. The molecule has 3 heterocycles. The van der Waals surface area contributed by atoms with Gasteiger partial charge in [0.25, 0.3) is 0 Å². The molecule has 1 atom stereocenters. The minimum atomic E-state index is -0.0394. The second-order valence-corrected chi connectivity index (χ2v) is 3.97. The number of nitrogens with zero attached hydrogens (tertiary/aromatic N) is 3. The highest BCUT2D eigenvalue weighted by atomic mass is 16.5. The minimum Gasteiger partial charge on any atom is -0.390 e. The summed E-state index contributed by atoms with van der Waals surface area (Å²) in [4.78, 5) is 8.70. The molecule has 3 rings (SSSR count). The van der Waals surface area contributed by atoms with Crippen LogP contribution in [0.25, 0.3) is 11.2 Å². The van der Waals surface area contributed by atoms with Crippen molar-refractivity contribution in [3.63, 3.8) is 0 Å². The molecule has 1 saturated heterocycles. The SMILES string of the molecule is OCc1ccc2ncn(C3CCOC3)c2n1. The molecule has 0 aliphatic carbocycles. The molecule has 5 heteroatoms. The largest absolute Gasteiger partial charge is 0.390 e. The Balaban J connectivity index is 2.09. The van der Waals surface area contributed by atoms with E-state index in [1.165, 1.54) is 0 Å². The molecule has 84 valence electrons. The van der Waals surface area contributed by atoms with Gasteiger partial charge in [0.05, 0.1) is 31.3 Å². The second-order valence-electron chi connectivity index (χ2n) is 3.97. The summed E-state index contributed by atoms with van der Waals surface area (Å²) in [7, 11) is 0. The highest BCUT2D eigenvalue weighted by molar-refractivity contribution is 5.70. The van der Waals surface area contributed by atoms with Crippen molar-refractivity contribution in [3.05, 3.63) is 24.2 Å². The lowest BCUT2D eigenvalue weighted by molar-refractivity contribution is 0.187. The maximum absolute atomic E-state index is 9.07. The number of fused-ring (bicyclic) bond motifs is 1. The number of imidazole rings is 1. The number of hydrogen-bond acceptors (Lipinski definition) is 4. The molecular formula is C11H13N3O2. The van der Waals surface area contributed by atoms with Crippen LogP contribution in [0.5, 0.6) is 0 Å². The zero-order valence-electron chi connectivity index (χ0n) is 8.83. The van der Waals surface area contributed by atoms with Crippen molar-refractivity contribution in [1.29, 1.82) is 0 Å². The average Bonchev–Trinajstić information content (AvgIpc) is 2.96. The summed E-state index contributed by atoms with van der Waals surface area (Å²) >= 11 is 0. The first-order valence-corrected chi connectivity index (χ1v) is 5.39. The summed E-state index contributed by atoms with van der Waals surface area (Å²) in [5.74, 6) is 0. The minimum absolute atomic E-state index is 0.0394. The normalized spacial score (nSPS) is 20.7. The fraction of sp³-hybridized carbons (Fsp3) is 0.455. The molecule has 0 aromatic carbocycles. The Morgan fingerprint density at radius 3 is 3.19 bits per heavy atom. The molecule has 0 saturated carbocycles. The van der Waals surface area contributed by atoms with Gasteiger partial charge in [-0.1, -0.05) is 0 Å². The van der Waals surface area contributed by atoms with Gasteiger partial charge in [-0.15, -0.1) is 0 Å². The van der Waals surface area contributed by atoms with E-state index in [0.717, 1.165) is 30.8 Å². The van der Waals surface area contributed by atoms with E-state index in [2.05, 4.69) is 9.97 Å². The van der Waals surface area contributed by atoms with Crippen LogP contribution in [0.3, 0.4) is 0 Å². The van der Waals surface area contributed by atoms with Gasteiger partial charge in [-0.3, -0.25) is 0 Å². The molecule has 2 aromatic heterocycles. The van der Waals surface area contributed by atoms with E-state index >= 15 is 0 Å². The van der Waals surface area contributed by atoms with Gasteiger partial charge in [0, 0.05) is 6.61 Å². The van der Waals surface area contributed by atoms with Crippen LogP contribution >= 0.6 is 0 Å². The summed E-state index contributed by atoms with van der Waals surface area (Å²) in [6, 6.07) is 4.01. The van der Waals surface area contributed by atoms with Crippen LogP contribution < -0.4 is 0 Å². The predicted molar refractivity (Wildman–Crippen MR) is 57.9 cm³/mol. The van der Waals surface area contributed by atoms with E-state index in [1.807, 2.05) is 10.6 Å². The number of rotatable bonds is 2. The Kier molecular flexibility index (Phi) is 2.34. The third kappa shape index (κ3) is 1.48. The maximum atomic E-state index is 9.07. The number of hydrogen-bond donors (Lipinski definition) is 1. The van der Waals surface area contributed by atoms with Gasteiger partial charge < -0.3 is 14.4 Å². The lowest BCUT2D eigenvalue weighted by Crippen LogP contribution is -2.08. The molecule has 1 fully saturated rings. The molecule has 0 radical (unpaired) electrons. The third-order valence-electron chi connectivity index (χ3n) is 2.94. The standard InChI is InChI=1S/C11H13N3O2/c15-5-8-1-2-10-11(13-8)14(7-12-10)9-3-4-16-6-9/h1-2,7,9,15H,3-6H2. The zero-order chi connectivity index (χ0) is 11.0. The van der Waals surface area contributed by atoms with Crippen molar-refractivity contribution in [2.75, 3.05) is 13.2 Å². The molecule has 16 heavy (non-hydrogen) atoms. The third-order valence-corrected chi connectivity index (χ3v) is 2.94. The van der Waals surface area contributed by atoms with Crippen LogP contribution in [0.2, 0.25) is 0 Å². The van der Waals surface area contributed by atoms with Crippen LogP contribution in [0, 0.1) is 0 Å². The van der Waals surface area contributed by atoms with Crippen LogP contribution in [-0.4, -0.2) is 32.9 Å². The van der Waals surface area contributed by atoms with Gasteiger partial charge in [0.2, 0.25) is 0 Å². The smallest absolute Gasteiger partial charge is 0.160 e. The Labute approximate surface area is 92.7 Å². The molecule has 1 aliphatic heterocycles. The number of aliphatic hydroxyl groups is 1. The highest BCUT2D eigenvalue weighted by Crippen LogP contribution is 2.23. The lowest BCUT2D eigenvalue weighted by Gasteiger charge is -2.09. The van der Waals surface area contributed by atoms with Crippen molar-refractivity contribution in [3.8, 4) is 0 Å². The van der Waals surface area contributed by atoms with E-state index < -0.39 is 0 Å². The Morgan fingerprint density at radius 2 is 2.44 bits per heavy atom. The molecule has 0 spiro atoms. The summed E-state index contributed by atoms with van der Waals surface area (Å²) in [5, 5.41) is 9.07. The molecule has 0 bridgehead atoms. The fourth-order valence-electron chi connectivity index (χ4n) is 2.05. The molecular weight excluding hydrogens is 206 g/mol. The maximum Gasteiger partial charge on any atom is 0.160 e. The molecule has 0 amide bonds. The number of pyridine rings is 1. The van der Waals surface area contributed by atoms with Crippen molar-refractivity contribution in [2.45, 2.75) is 19.1 Å². The topological polar surface area (TPSA) is 60.2 Å². The molecule has 2 aromatic rings. The summed E-state index contributed by atoms with van der Waals surface area (Å²) in [6.45, 7) is 1.48. The van der Waals surface area contributed by atoms with Crippen molar-refractivity contribution < 1.29 is 9.84 Å². The van der Waals surface area contributed by atoms with Gasteiger partial charge in [0.1, 0.15) is 5.52 Å². The lowest BCUT2D eigenvalue weighted by atomic mass is 10.2. The first kappa shape index (κ1) is 9.74. The summed E-state index contributed by atoms with van der Waals surface area (Å²) < 4.78 is 7.40. The Morgan fingerprint density at radius 1 is 1.50 bits per heavy atom. The molecule has 1 unspecified atom stereocenters. The van der Waals surface area contributed by atoms with Crippen LogP contribution in [0.4, 0.5) is 0 Å². The van der Waals surface area contributed by atoms with E-state index in [0.29, 0.717) is 11.7 Å². The number of ether oxygens (including phenoxy) is 1. The van der Waals surface area contributed by atoms with Gasteiger partial charge in [-0.25, -0.2) is 9.97 Å². The van der Waals surface area contributed by atoms with Gasteiger partial charge in [-0.2, -0.15) is 0 Å².